The number of aromatic amines is 1. The Morgan fingerprint density at radius 3 is 2.64 bits per heavy atom. The first-order chi connectivity index (χ1) is 13.6. The van der Waals surface area contributed by atoms with Gasteiger partial charge in [0.2, 0.25) is 0 Å². The van der Waals surface area contributed by atoms with Crippen LogP contribution in [0.25, 0.3) is 10.9 Å². The van der Waals surface area contributed by atoms with Crippen LogP contribution in [0.4, 0.5) is 0 Å². The van der Waals surface area contributed by atoms with E-state index in [0.717, 1.165) is 23.2 Å². The van der Waals surface area contributed by atoms with Crippen LogP contribution in [0.3, 0.4) is 0 Å². The first kappa shape index (κ1) is 16.8. The van der Waals surface area contributed by atoms with Gasteiger partial charge in [0, 0.05) is 36.4 Å². The van der Waals surface area contributed by atoms with E-state index >= 15 is 0 Å². The number of hydrogen-bond acceptors (Lipinski definition) is 2. The molecule has 5 heteroatoms. The van der Waals surface area contributed by atoms with Crippen LogP contribution in [0.1, 0.15) is 38.9 Å². The van der Waals surface area contributed by atoms with Gasteiger partial charge in [-0.2, -0.15) is 5.10 Å². The third-order valence-electron chi connectivity index (χ3n) is 5.73. The molecule has 0 saturated carbocycles. The Kier molecular flexibility index (Phi) is 3.83. The van der Waals surface area contributed by atoms with Crippen LogP contribution in [0.5, 0.6) is 0 Å². The van der Waals surface area contributed by atoms with Crippen LogP contribution < -0.4 is 0 Å². The summed E-state index contributed by atoms with van der Waals surface area (Å²) >= 11 is 0. The Hall–Kier alpha value is -3.34. The number of para-hydroxylation sites is 1. The quantitative estimate of drug-likeness (QED) is 0.580. The van der Waals surface area contributed by atoms with E-state index in [2.05, 4.69) is 59.5 Å². The molecule has 5 nitrogen and oxygen atoms in total. The van der Waals surface area contributed by atoms with Gasteiger partial charge in [-0.25, -0.2) is 0 Å². The van der Waals surface area contributed by atoms with Gasteiger partial charge >= 0.3 is 0 Å². The van der Waals surface area contributed by atoms with E-state index in [0.29, 0.717) is 12.2 Å². The van der Waals surface area contributed by atoms with Gasteiger partial charge in [0.1, 0.15) is 5.69 Å². The molecule has 1 amide bonds. The third kappa shape index (κ3) is 2.54. The molecule has 28 heavy (non-hydrogen) atoms. The second-order valence-corrected chi connectivity index (χ2v) is 7.46. The molecule has 0 radical (unpaired) electrons. The summed E-state index contributed by atoms with van der Waals surface area (Å²) in [4.78, 5) is 19.0. The van der Waals surface area contributed by atoms with Crippen LogP contribution in [0.2, 0.25) is 0 Å². The predicted molar refractivity (Wildman–Crippen MR) is 109 cm³/mol. The molecular weight excluding hydrogens is 348 g/mol. The molecule has 3 heterocycles. The zero-order valence-electron chi connectivity index (χ0n) is 16.0. The van der Waals surface area contributed by atoms with E-state index < -0.39 is 0 Å². The lowest BCUT2D eigenvalue weighted by atomic mass is 9.91. The minimum atomic E-state index is -0.140. The van der Waals surface area contributed by atoms with E-state index in [1.165, 1.54) is 16.5 Å². The number of H-pyrrole nitrogens is 1. The van der Waals surface area contributed by atoms with Crippen LogP contribution in [0, 0.1) is 6.92 Å². The number of carbonyl (C=O) groups excluding carboxylic acids is 1. The first-order valence-electron chi connectivity index (χ1n) is 9.58. The Morgan fingerprint density at radius 2 is 1.89 bits per heavy atom. The normalized spacial score (nSPS) is 16.4. The lowest BCUT2D eigenvalue weighted by Crippen LogP contribution is -2.41. The molecule has 1 atom stereocenters. The van der Waals surface area contributed by atoms with Crippen molar-refractivity contribution in [1.82, 2.24) is 19.7 Å². The zero-order valence-corrected chi connectivity index (χ0v) is 16.0. The molecule has 1 aliphatic heterocycles. The minimum Gasteiger partial charge on any atom is -0.356 e. The number of carbonyl (C=O) groups is 1. The van der Waals surface area contributed by atoms with Crippen molar-refractivity contribution in [3.63, 3.8) is 0 Å². The molecule has 0 unspecified atom stereocenters. The Bertz CT molecular complexity index is 1170. The summed E-state index contributed by atoms with van der Waals surface area (Å²) in [7, 11) is 1.81. The van der Waals surface area contributed by atoms with Gasteiger partial charge in [-0.05, 0) is 36.6 Å². The number of fused-ring (bicyclic) bond motifs is 3. The molecule has 0 aliphatic carbocycles. The van der Waals surface area contributed by atoms with Gasteiger partial charge in [-0.1, -0.05) is 48.0 Å². The van der Waals surface area contributed by atoms with Crippen molar-refractivity contribution in [2.75, 3.05) is 6.54 Å². The number of nitrogens with one attached hydrogen (secondary N) is 1. The average molecular weight is 370 g/mol. The number of rotatable bonds is 2. The maximum atomic E-state index is 13.4. The minimum absolute atomic E-state index is 0.00915. The molecule has 5 rings (SSSR count). The van der Waals surface area contributed by atoms with Gasteiger partial charge in [-0.3, -0.25) is 9.48 Å². The molecule has 140 valence electrons. The number of aromatic nitrogens is 3. The molecule has 0 bridgehead atoms. The van der Waals surface area contributed by atoms with Gasteiger partial charge in [0.05, 0.1) is 6.04 Å². The maximum Gasteiger partial charge on any atom is 0.272 e. The third-order valence-corrected chi connectivity index (χ3v) is 5.73. The molecule has 1 N–H and O–H groups in total. The summed E-state index contributed by atoms with van der Waals surface area (Å²) < 4.78 is 1.65. The fourth-order valence-corrected chi connectivity index (χ4v) is 4.29. The van der Waals surface area contributed by atoms with Crippen molar-refractivity contribution in [2.24, 2.45) is 7.05 Å². The van der Waals surface area contributed by atoms with Crippen LogP contribution in [-0.2, 0) is 13.5 Å². The number of benzene rings is 2. The SMILES string of the molecule is Cc1ccc([C@@H]2c3[nH]c4ccccc4c3CCN2C(=O)c2ccnn2C)cc1. The first-order valence-corrected chi connectivity index (χ1v) is 9.58. The van der Waals surface area contributed by atoms with Gasteiger partial charge < -0.3 is 9.88 Å². The zero-order chi connectivity index (χ0) is 19.3. The molecule has 0 fully saturated rings. The van der Waals surface area contributed by atoms with Crippen molar-refractivity contribution < 1.29 is 4.79 Å². The van der Waals surface area contributed by atoms with Crippen molar-refractivity contribution in [3.8, 4) is 0 Å². The summed E-state index contributed by atoms with van der Waals surface area (Å²) in [6.07, 6.45) is 2.51. The highest BCUT2D eigenvalue weighted by molar-refractivity contribution is 5.94. The molecule has 0 spiro atoms. The van der Waals surface area contributed by atoms with Crippen LogP contribution >= 0.6 is 0 Å². The summed E-state index contributed by atoms with van der Waals surface area (Å²) in [5, 5.41) is 5.43. The van der Waals surface area contributed by atoms with E-state index in [1.54, 1.807) is 16.9 Å². The lowest BCUT2D eigenvalue weighted by Gasteiger charge is -2.36. The van der Waals surface area contributed by atoms with Gasteiger partial charge in [-0.15, -0.1) is 0 Å². The number of hydrogen-bond donors (Lipinski definition) is 1. The van der Waals surface area contributed by atoms with Crippen molar-refractivity contribution in [1.29, 1.82) is 0 Å². The molecule has 2 aromatic carbocycles. The highest BCUT2D eigenvalue weighted by Crippen LogP contribution is 2.39. The van der Waals surface area contributed by atoms with Crippen LogP contribution in [0.15, 0.2) is 60.8 Å². The Morgan fingerprint density at radius 1 is 1.11 bits per heavy atom. The molecule has 4 aromatic rings. The number of nitrogens with zero attached hydrogens (tertiary/aromatic N) is 3. The number of amides is 1. The second kappa shape index (κ2) is 6.37. The Labute approximate surface area is 163 Å². The lowest BCUT2D eigenvalue weighted by molar-refractivity contribution is 0.0680. The smallest absolute Gasteiger partial charge is 0.272 e. The largest absolute Gasteiger partial charge is 0.356 e. The standard InChI is InChI=1S/C23H22N4O/c1-15-7-9-16(10-8-15)22-21-18(17-5-3-4-6-19(17)25-21)12-14-27(22)23(28)20-11-13-24-26(20)2/h3-11,13,22,25H,12,14H2,1-2H3/t22-/m1/s1. The van der Waals surface area contributed by atoms with E-state index in [-0.39, 0.29) is 11.9 Å². The summed E-state index contributed by atoms with van der Waals surface area (Å²) in [6, 6.07) is 18.5. The summed E-state index contributed by atoms with van der Waals surface area (Å²) in [5.74, 6) is 0.00915. The second-order valence-electron chi connectivity index (χ2n) is 7.46. The van der Waals surface area contributed by atoms with Gasteiger partial charge in [0.15, 0.2) is 0 Å². The summed E-state index contributed by atoms with van der Waals surface area (Å²) in [6.45, 7) is 2.76. The monoisotopic (exact) mass is 370 g/mol. The molecule has 2 aromatic heterocycles. The van der Waals surface area contributed by atoms with E-state index in [1.807, 2.05) is 18.0 Å². The van der Waals surface area contributed by atoms with E-state index in [4.69, 9.17) is 0 Å². The number of aryl methyl sites for hydroxylation is 2. The maximum absolute atomic E-state index is 13.4. The predicted octanol–water partition coefficient (Wildman–Crippen LogP) is 4.00. The average Bonchev–Trinajstić information content (AvgIpc) is 3.30. The molecule has 1 aliphatic rings. The topological polar surface area (TPSA) is 53.9 Å². The molecule has 0 saturated heterocycles. The van der Waals surface area contributed by atoms with E-state index in [9.17, 15) is 4.79 Å². The Balaban J connectivity index is 1.68. The fraction of sp³-hybridized carbons (Fsp3) is 0.217. The fourth-order valence-electron chi connectivity index (χ4n) is 4.29. The summed E-state index contributed by atoms with van der Waals surface area (Å²) in [5.41, 5.74) is 6.49. The van der Waals surface area contributed by atoms with Gasteiger partial charge in [0.25, 0.3) is 5.91 Å². The highest BCUT2D eigenvalue weighted by Gasteiger charge is 2.35. The van der Waals surface area contributed by atoms with Crippen molar-refractivity contribution >= 4 is 16.8 Å². The van der Waals surface area contributed by atoms with Crippen LogP contribution in [-0.4, -0.2) is 32.1 Å². The van der Waals surface area contributed by atoms with Crippen molar-refractivity contribution in [2.45, 2.75) is 19.4 Å². The highest BCUT2D eigenvalue weighted by atomic mass is 16.2. The molecular formula is C23H22N4O. The van der Waals surface area contributed by atoms with Crippen molar-refractivity contribution in [3.05, 3.63) is 88.9 Å².